The van der Waals surface area contributed by atoms with Crippen molar-refractivity contribution in [3.8, 4) is 6.07 Å². The van der Waals surface area contributed by atoms with Crippen LogP contribution >= 0.6 is 0 Å². The summed E-state index contributed by atoms with van der Waals surface area (Å²) in [6.07, 6.45) is 32.4. The van der Waals surface area contributed by atoms with Crippen molar-refractivity contribution in [2.45, 2.75) is 96.8 Å². The summed E-state index contributed by atoms with van der Waals surface area (Å²) in [4.78, 5) is 0. The van der Waals surface area contributed by atoms with E-state index in [2.05, 4.69) is 25.2 Å². The van der Waals surface area contributed by atoms with E-state index in [9.17, 15) is 0 Å². The summed E-state index contributed by atoms with van der Waals surface area (Å²) >= 11 is 0. The second kappa shape index (κ2) is 13.8. The van der Waals surface area contributed by atoms with Gasteiger partial charge in [-0.15, -0.1) is 0 Å². The zero-order valence-electron chi connectivity index (χ0n) is 17.6. The van der Waals surface area contributed by atoms with Crippen LogP contribution in [0, 0.1) is 35.0 Å². The van der Waals surface area contributed by atoms with E-state index in [0.717, 1.165) is 30.1 Å². The second-order valence-corrected chi connectivity index (χ2v) is 8.94. The van der Waals surface area contributed by atoms with Crippen LogP contribution in [0.5, 0.6) is 0 Å². The van der Waals surface area contributed by atoms with E-state index in [1.807, 2.05) is 18.2 Å². The Morgan fingerprint density at radius 3 is 1.93 bits per heavy atom. The van der Waals surface area contributed by atoms with Crippen LogP contribution in [0.1, 0.15) is 96.8 Å². The zero-order valence-corrected chi connectivity index (χ0v) is 17.6. The van der Waals surface area contributed by atoms with Crippen LogP contribution in [0.3, 0.4) is 0 Å². The van der Waals surface area contributed by atoms with Gasteiger partial charge in [-0.2, -0.15) is 5.26 Å². The molecule has 0 amide bonds. The molecular formula is C26H41N. The lowest BCUT2D eigenvalue weighted by atomic mass is 9.77. The van der Waals surface area contributed by atoms with Crippen LogP contribution in [0.25, 0.3) is 0 Å². The largest absolute Gasteiger partial charge is 0.193 e. The van der Waals surface area contributed by atoms with Crippen molar-refractivity contribution in [3.63, 3.8) is 0 Å². The fraction of sp³-hybridized carbons (Fsp3) is 0.731. The van der Waals surface area contributed by atoms with E-state index in [1.54, 1.807) is 0 Å². The molecule has 2 aliphatic rings. The highest BCUT2D eigenvalue weighted by molar-refractivity contribution is 5.11. The average Bonchev–Trinajstić information content (AvgIpc) is 2.71. The monoisotopic (exact) mass is 367 g/mol. The van der Waals surface area contributed by atoms with E-state index >= 15 is 0 Å². The molecule has 0 saturated heterocycles. The Kier molecular flexibility index (Phi) is 11.3. The average molecular weight is 368 g/mol. The van der Waals surface area contributed by atoms with Crippen molar-refractivity contribution < 1.29 is 0 Å². The highest BCUT2D eigenvalue weighted by atomic mass is 14.3. The van der Waals surface area contributed by atoms with E-state index in [-0.39, 0.29) is 0 Å². The molecule has 2 saturated carbocycles. The summed E-state index contributed by atoms with van der Waals surface area (Å²) in [5.41, 5.74) is 0. The molecule has 0 spiro atoms. The molecule has 0 aromatic heterocycles. The van der Waals surface area contributed by atoms with Crippen LogP contribution in [0.4, 0.5) is 0 Å². The lowest BCUT2D eigenvalue weighted by Crippen LogP contribution is -2.15. The van der Waals surface area contributed by atoms with E-state index in [4.69, 9.17) is 5.26 Å². The van der Waals surface area contributed by atoms with Gasteiger partial charge in [-0.05, 0) is 87.9 Å². The molecule has 2 aliphatic carbocycles. The lowest BCUT2D eigenvalue weighted by molar-refractivity contribution is 0.283. The molecule has 0 aliphatic heterocycles. The molecule has 0 N–H and O–H groups in total. The number of nitriles is 1. The van der Waals surface area contributed by atoms with Crippen molar-refractivity contribution >= 4 is 0 Å². The van der Waals surface area contributed by atoms with Gasteiger partial charge in [0.2, 0.25) is 0 Å². The topological polar surface area (TPSA) is 23.8 Å². The highest BCUT2D eigenvalue weighted by Gasteiger charge is 2.21. The first kappa shape index (κ1) is 22.0. The van der Waals surface area contributed by atoms with Gasteiger partial charge in [0.15, 0.2) is 0 Å². The summed E-state index contributed by atoms with van der Waals surface area (Å²) in [6, 6.07) is 2.02. The molecule has 2 fully saturated rings. The molecule has 2 rings (SSSR count). The second-order valence-electron chi connectivity index (χ2n) is 8.94. The molecule has 0 unspecified atom stereocenters. The van der Waals surface area contributed by atoms with Gasteiger partial charge in [-0.25, -0.2) is 0 Å². The minimum absolute atomic E-state index is 0.845. The standard InChI is InChI=1S/C26H41N/c1-2-3-7-10-23-12-16-25(17-13-23)20-21-26-18-14-24(15-19-26)11-8-5-4-6-9-22-27/h4-6,9,20-21,23-26H,2-3,7-8,10-19H2,1H3/b5-4?,9-6?,21-20+. The predicted molar refractivity (Wildman–Crippen MR) is 117 cm³/mol. The van der Waals surface area contributed by atoms with Gasteiger partial charge in [-0.3, -0.25) is 0 Å². The number of hydrogen-bond acceptors (Lipinski definition) is 1. The molecule has 150 valence electrons. The fourth-order valence-corrected chi connectivity index (χ4v) is 4.94. The van der Waals surface area contributed by atoms with Gasteiger partial charge in [0.1, 0.15) is 0 Å². The molecule has 27 heavy (non-hydrogen) atoms. The lowest BCUT2D eigenvalue weighted by Gasteiger charge is -2.29. The maximum atomic E-state index is 8.45. The number of rotatable bonds is 10. The van der Waals surface area contributed by atoms with Crippen molar-refractivity contribution in [2.75, 3.05) is 0 Å². The Morgan fingerprint density at radius 1 is 0.778 bits per heavy atom. The quantitative estimate of drug-likeness (QED) is 0.165. The third-order valence-electron chi connectivity index (χ3n) is 6.81. The highest BCUT2D eigenvalue weighted by Crippen LogP contribution is 2.35. The normalized spacial score (nSPS) is 29.6. The Morgan fingerprint density at radius 2 is 1.37 bits per heavy atom. The molecule has 0 aromatic rings. The minimum Gasteiger partial charge on any atom is -0.193 e. The van der Waals surface area contributed by atoms with E-state index in [1.165, 1.54) is 89.5 Å². The van der Waals surface area contributed by atoms with E-state index in [0.29, 0.717) is 0 Å². The summed E-state index contributed by atoms with van der Waals surface area (Å²) in [5, 5.41) is 8.45. The van der Waals surface area contributed by atoms with Gasteiger partial charge in [-0.1, -0.05) is 63.0 Å². The number of allylic oxidation sites excluding steroid dienone is 6. The van der Waals surface area contributed by atoms with Crippen LogP contribution < -0.4 is 0 Å². The van der Waals surface area contributed by atoms with Gasteiger partial charge in [0.05, 0.1) is 6.07 Å². The Hall–Kier alpha value is -1.29. The maximum absolute atomic E-state index is 8.45. The third kappa shape index (κ3) is 9.46. The molecule has 0 bridgehead atoms. The summed E-state index contributed by atoms with van der Waals surface area (Å²) < 4.78 is 0. The van der Waals surface area contributed by atoms with E-state index < -0.39 is 0 Å². The minimum atomic E-state index is 0.845. The van der Waals surface area contributed by atoms with Gasteiger partial charge < -0.3 is 0 Å². The number of nitrogens with zero attached hydrogens (tertiary/aromatic N) is 1. The van der Waals surface area contributed by atoms with Crippen molar-refractivity contribution in [1.82, 2.24) is 0 Å². The maximum Gasteiger partial charge on any atom is 0.0912 e. The molecule has 0 aromatic carbocycles. The fourth-order valence-electron chi connectivity index (χ4n) is 4.94. The summed E-state index contributed by atoms with van der Waals surface area (Å²) in [7, 11) is 0. The number of unbranched alkanes of at least 4 members (excludes halogenated alkanes) is 2. The van der Waals surface area contributed by atoms with Crippen LogP contribution in [0.15, 0.2) is 36.5 Å². The van der Waals surface area contributed by atoms with Crippen molar-refractivity contribution in [3.05, 3.63) is 36.5 Å². The van der Waals surface area contributed by atoms with Gasteiger partial charge in [0, 0.05) is 6.08 Å². The number of hydrogen-bond donors (Lipinski definition) is 0. The molecule has 0 atom stereocenters. The first-order valence-corrected chi connectivity index (χ1v) is 11.7. The third-order valence-corrected chi connectivity index (χ3v) is 6.81. The van der Waals surface area contributed by atoms with Gasteiger partial charge >= 0.3 is 0 Å². The summed E-state index contributed by atoms with van der Waals surface area (Å²) in [5.74, 6) is 3.66. The molecule has 0 heterocycles. The molecular weight excluding hydrogens is 326 g/mol. The smallest absolute Gasteiger partial charge is 0.0912 e. The van der Waals surface area contributed by atoms with Crippen molar-refractivity contribution in [2.24, 2.45) is 23.7 Å². The SMILES string of the molecule is CCCCCC1CCC(/C=C/C2CCC(CCC=CC=CC#N)CC2)CC1. The Labute approximate surface area is 168 Å². The molecule has 0 radical (unpaired) electrons. The van der Waals surface area contributed by atoms with Gasteiger partial charge in [0.25, 0.3) is 0 Å². The molecule has 1 heteroatoms. The first-order valence-electron chi connectivity index (χ1n) is 11.7. The van der Waals surface area contributed by atoms with Crippen molar-refractivity contribution in [1.29, 1.82) is 5.26 Å². The zero-order chi connectivity index (χ0) is 19.2. The Balaban J connectivity index is 1.56. The Bertz CT molecular complexity index is 491. The summed E-state index contributed by atoms with van der Waals surface area (Å²) in [6.45, 7) is 2.31. The molecule has 1 nitrogen and oxygen atoms in total. The van der Waals surface area contributed by atoms with Crippen LogP contribution in [-0.4, -0.2) is 0 Å². The first-order chi connectivity index (χ1) is 13.3. The predicted octanol–water partition coefficient (Wildman–Crippen LogP) is 8.15. The van der Waals surface area contributed by atoms with Crippen LogP contribution in [-0.2, 0) is 0 Å². The van der Waals surface area contributed by atoms with Crippen LogP contribution in [0.2, 0.25) is 0 Å².